The third kappa shape index (κ3) is 4.16. The molecule has 0 aliphatic rings. The lowest BCUT2D eigenvalue weighted by atomic mass is 10.1. The molecule has 2 rings (SSSR count). The van der Waals surface area contributed by atoms with Crippen LogP contribution in [0.4, 0.5) is 0 Å². The lowest BCUT2D eigenvalue weighted by molar-refractivity contribution is 0.340. The van der Waals surface area contributed by atoms with Gasteiger partial charge in [0.2, 0.25) is 0 Å². The number of nitrogens with one attached hydrogen (secondary N) is 2. The fraction of sp³-hybridized carbons (Fsp3) is 0.375. The number of H-pyrrole nitrogens is 1. The first kappa shape index (κ1) is 15.3. The molecule has 0 bridgehead atoms. The number of hydrogen-bond donors (Lipinski definition) is 2. The Morgan fingerprint density at radius 1 is 1.33 bits per heavy atom. The van der Waals surface area contributed by atoms with Gasteiger partial charge in [0.25, 0.3) is 5.56 Å². The molecule has 1 aromatic carbocycles. The highest BCUT2D eigenvalue weighted by atomic mass is 16.5. The van der Waals surface area contributed by atoms with Crippen molar-refractivity contribution in [3.05, 3.63) is 46.2 Å². The predicted molar refractivity (Wildman–Crippen MR) is 83.4 cm³/mol. The largest absolute Gasteiger partial charge is 0.494 e. The third-order valence-electron chi connectivity index (χ3n) is 3.02. The zero-order valence-corrected chi connectivity index (χ0v) is 12.6. The van der Waals surface area contributed by atoms with Crippen molar-refractivity contribution in [1.29, 1.82) is 0 Å². The van der Waals surface area contributed by atoms with Crippen LogP contribution in [-0.2, 0) is 6.54 Å². The van der Waals surface area contributed by atoms with E-state index < -0.39 is 0 Å². The Labute approximate surface area is 124 Å². The van der Waals surface area contributed by atoms with Gasteiger partial charge in [-0.25, -0.2) is 5.10 Å². The molecule has 0 saturated heterocycles. The average Bonchev–Trinajstić information content (AvgIpc) is 2.47. The summed E-state index contributed by atoms with van der Waals surface area (Å²) < 4.78 is 5.49. The molecular formula is C16H21N3O2. The summed E-state index contributed by atoms with van der Waals surface area (Å²) in [6, 6.07) is 9.83. The van der Waals surface area contributed by atoms with Crippen LogP contribution >= 0.6 is 0 Å². The monoisotopic (exact) mass is 287 g/mol. The number of aromatic nitrogens is 2. The van der Waals surface area contributed by atoms with E-state index in [1.165, 1.54) is 0 Å². The van der Waals surface area contributed by atoms with Crippen LogP contribution in [0.5, 0.6) is 5.75 Å². The maximum Gasteiger partial charge on any atom is 0.268 e. The molecule has 1 aromatic heterocycles. The number of benzene rings is 1. The topological polar surface area (TPSA) is 67.0 Å². The van der Waals surface area contributed by atoms with Gasteiger partial charge >= 0.3 is 0 Å². The molecule has 0 aliphatic carbocycles. The number of ether oxygens (including phenoxy) is 1. The molecular weight excluding hydrogens is 266 g/mol. The van der Waals surface area contributed by atoms with Gasteiger partial charge in [0.05, 0.1) is 12.3 Å². The third-order valence-corrected chi connectivity index (χ3v) is 3.02. The van der Waals surface area contributed by atoms with E-state index in [0.29, 0.717) is 24.8 Å². The van der Waals surface area contributed by atoms with Crippen molar-refractivity contribution in [3.8, 4) is 17.0 Å². The predicted octanol–water partition coefficient (Wildman–Crippen LogP) is 2.33. The Hall–Kier alpha value is -2.14. The molecule has 0 fully saturated rings. The molecule has 0 aliphatic heterocycles. The zero-order valence-electron chi connectivity index (χ0n) is 12.6. The van der Waals surface area contributed by atoms with E-state index >= 15 is 0 Å². The Balaban J connectivity index is 2.29. The van der Waals surface area contributed by atoms with Gasteiger partial charge in [-0.1, -0.05) is 26.0 Å². The molecule has 0 unspecified atom stereocenters. The molecule has 5 heteroatoms. The second-order valence-corrected chi connectivity index (χ2v) is 5.10. The molecule has 5 nitrogen and oxygen atoms in total. The minimum absolute atomic E-state index is 0.159. The van der Waals surface area contributed by atoms with Crippen molar-refractivity contribution in [1.82, 2.24) is 15.5 Å². The smallest absolute Gasteiger partial charge is 0.268 e. The van der Waals surface area contributed by atoms with E-state index in [-0.39, 0.29) is 5.56 Å². The Bertz CT molecular complexity index is 650. The van der Waals surface area contributed by atoms with E-state index in [1.54, 1.807) is 0 Å². The van der Waals surface area contributed by atoms with Gasteiger partial charge < -0.3 is 10.1 Å². The molecule has 21 heavy (non-hydrogen) atoms. The quantitative estimate of drug-likeness (QED) is 0.855. The molecule has 0 amide bonds. The van der Waals surface area contributed by atoms with Crippen LogP contribution in [0.15, 0.2) is 35.1 Å². The van der Waals surface area contributed by atoms with Gasteiger partial charge in [-0.2, -0.15) is 5.10 Å². The Kier molecular flexibility index (Phi) is 5.11. The highest BCUT2D eigenvalue weighted by molar-refractivity contribution is 5.61. The summed E-state index contributed by atoms with van der Waals surface area (Å²) in [5.41, 5.74) is 2.17. The molecule has 1 heterocycles. The molecule has 2 aromatic rings. The number of hydrogen-bond acceptors (Lipinski definition) is 4. The highest BCUT2D eigenvalue weighted by Gasteiger charge is 2.07. The molecule has 2 N–H and O–H groups in total. The van der Waals surface area contributed by atoms with E-state index in [0.717, 1.165) is 17.0 Å². The molecule has 0 atom stereocenters. The standard InChI is InChI=1S/C16H21N3O2/c1-4-21-14-7-5-6-12(8-14)15-9-13(10-17-11(2)3)16(20)19-18-15/h5-9,11,17H,4,10H2,1-3H3,(H,19,20). The van der Waals surface area contributed by atoms with Crippen molar-refractivity contribution >= 4 is 0 Å². The summed E-state index contributed by atoms with van der Waals surface area (Å²) in [6.07, 6.45) is 0. The van der Waals surface area contributed by atoms with Crippen LogP contribution in [0.1, 0.15) is 26.3 Å². The lowest BCUT2D eigenvalue weighted by Crippen LogP contribution is -2.26. The van der Waals surface area contributed by atoms with Crippen molar-refractivity contribution in [2.75, 3.05) is 6.61 Å². The summed E-state index contributed by atoms with van der Waals surface area (Å²) in [5, 5.41) is 9.91. The SMILES string of the molecule is CCOc1cccc(-c2cc(CNC(C)C)c(=O)[nH]n2)c1. The van der Waals surface area contributed by atoms with Crippen LogP contribution < -0.4 is 15.6 Å². The second-order valence-electron chi connectivity index (χ2n) is 5.10. The average molecular weight is 287 g/mol. The summed E-state index contributed by atoms with van der Waals surface area (Å²) in [6.45, 7) is 7.17. The van der Waals surface area contributed by atoms with E-state index in [1.807, 2.05) is 51.1 Å². The zero-order chi connectivity index (χ0) is 15.2. The summed E-state index contributed by atoms with van der Waals surface area (Å²) in [5.74, 6) is 0.796. The van der Waals surface area contributed by atoms with Crippen LogP contribution in [0.25, 0.3) is 11.3 Å². The molecule has 0 saturated carbocycles. The second kappa shape index (κ2) is 7.04. The van der Waals surface area contributed by atoms with Crippen LogP contribution in [0.3, 0.4) is 0 Å². The Morgan fingerprint density at radius 3 is 2.86 bits per heavy atom. The summed E-state index contributed by atoms with van der Waals surface area (Å²) in [4.78, 5) is 11.8. The van der Waals surface area contributed by atoms with Crippen molar-refractivity contribution in [2.24, 2.45) is 0 Å². The van der Waals surface area contributed by atoms with Gasteiger partial charge in [0.15, 0.2) is 0 Å². The maximum absolute atomic E-state index is 11.8. The van der Waals surface area contributed by atoms with Gasteiger partial charge in [-0.15, -0.1) is 0 Å². The van der Waals surface area contributed by atoms with E-state index in [2.05, 4.69) is 15.5 Å². The van der Waals surface area contributed by atoms with E-state index in [9.17, 15) is 4.79 Å². The van der Waals surface area contributed by atoms with E-state index in [4.69, 9.17) is 4.74 Å². The van der Waals surface area contributed by atoms with Gasteiger partial charge in [0.1, 0.15) is 5.75 Å². The van der Waals surface area contributed by atoms with Crippen LogP contribution in [-0.4, -0.2) is 22.8 Å². The molecule has 0 spiro atoms. The minimum atomic E-state index is -0.159. The number of nitrogens with zero attached hydrogens (tertiary/aromatic N) is 1. The first-order valence-electron chi connectivity index (χ1n) is 7.15. The van der Waals surface area contributed by atoms with Crippen LogP contribution in [0.2, 0.25) is 0 Å². The minimum Gasteiger partial charge on any atom is -0.494 e. The molecule has 112 valence electrons. The van der Waals surface area contributed by atoms with Gasteiger partial charge in [-0.05, 0) is 25.1 Å². The van der Waals surface area contributed by atoms with Gasteiger partial charge in [0, 0.05) is 23.7 Å². The fourth-order valence-electron chi connectivity index (χ4n) is 1.95. The van der Waals surface area contributed by atoms with Crippen molar-refractivity contribution < 1.29 is 4.74 Å². The molecule has 0 radical (unpaired) electrons. The number of rotatable bonds is 6. The van der Waals surface area contributed by atoms with Crippen molar-refractivity contribution in [2.45, 2.75) is 33.4 Å². The van der Waals surface area contributed by atoms with Gasteiger partial charge in [-0.3, -0.25) is 4.79 Å². The lowest BCUT2D eigenvalue weighted by Gasteiger charge is -2.09. The summed E-state index contributed by atoms with van der Waals surface area (Å²) in [7, 11) is 0. The highest BCUT2D eigenvalue weighted by Crippen LogP contribution is 2.21. The van der Waals surface area contributed by atoms with Crippen molar-refractivity contribution in [3.63, 3.8) is 0 Å². The fourth-order valence-corrected chi connectivity index (χ4v) is 1.95. The Morgan fingerprint density at radius 2 is 2.14 bits per heavy atom. The first-order valence-corrected chi connectivity index (χ1v) is 7.15. The van der Waals surface area contributed by atoms with Crippen LogP contribution in [0, 0.1) is 0 Å². The normalized spacial score (nSPS) is 10.9. The first-order chi connectivity index (χ1) is 10.1. The number of aromatic amines is 1. The summed E-state index contributed by atoms with van der Waals surface area (Å²) >= 11 is 0. The maximum atomic E-state index is 11.8.